The van der Waals surface area contributed by atoms with Gasteiger partial charge in [-0.1, -0.05) is 6.92 Å². The number of anilines is 1. The molecule has 8 heteroatoms. The number of ether oxygens (including phenoxy) is 2. The molecule has 0 saturated carbocycles. The van der Waals surface area contributed by atoms with Crippen LogP contribution in [-0.4, -0.2) is 38.2 Å². The fourth-order valence-corrected chi connectivity index (χ4v) is 2.81. The maximum Gasteiger partial charge on any atom is 0.311 e. The summed E-state index contributed by atoms with van der Waals surface area (Å²) in [6, 6.07) is 0. The molecule has 3 heterocycles. The number of imidazole rings is 1. The third kappa shape index (κ3) is 3.06. The first-order valence-corrected chi connectivity index (χ1v) is 8.03. The van der Waals surface area contributed by atoms with Gasteiger partial charge in [-0.15, -0.1) is 0 Å². The molecule has 130 valence electrons. The molecule has 1 aliphatic heterocycles. The van der Waals surface area contributed by atoms with Crippen LogP contribution in [0.25, 0.3) is 11.2 Å². The molecular weight excluding hydrogens is 310 g/mol. The van der Waals surface area contributed by atoms with Crippen LogP contribution in [0.2, 0.25) is 0 Å². The number of fused-ring (bicyclic) bond motifs is 1. The van der Waals surface area contributed by atoms with E-state index in [1.54, 1.807) is 6.33 Å². The van der Waals surface area contributed by atoms with Crippen LogP contribution in [0.15, 0.2) is 12.7 Å². The van der Waals surface area contributed by atoms with Crippen molar-refractivity contribution in [3.63, 3.8) is 0 Å². The van der Waals surface area contributed by atoms with Crippen molar-refractivity contribution in [2.75, 3.05) is 12.3 Å². The van der Waals surface area contributed by atoms with E-state index < -0.39 is 5.41 Å². The number of nitrogens with two attached hydrogens (primary N) is 1. The molecule has 2 unspecified atom stereocenters. The molecule has 8 nitrogen and oxygen atoms in total. The first kappa shape index (κ1) is 16.6. The summed E-state index contributed by atoms with van der Waals surface area (Å²) in [6.07, 6.45) is 3.51. The molecule has 0 spiro atoms. The van der Waals surface area contributed by atoms with E-state index in [-0.39, 0.29) is 30.8 Å². The van der Waals surface area contributed by atoms with Gasteiger partial charge in [0.05, 0.1) is 17.8 Å². The molecule has 2 aromatic heterocycles. The molecule has 1 fully saturated rings. The second-order valence-corrected chi connectivity index (χ2v) is 7.29. The predicted octanol–water partition coefficient (Wildman–Crippen LogP) is 1.92. The molecule has 0 aliphatic carbocycles. The predicted molar refractivity (Wildman–Crippen MR) is 87.8 cm³/mol. The lowest BCUT2D eigenvalue weighted by molar-refractivity contribution is -0.157. The molecule has 1 aliphatic rings. The number of nitrogens with zero attached hydrogens (tertiary/aromatic N) is 4. The van der Waals surface area contributed by atoms with E-state index in [2.05, 4.69) is 21.9 Å². The van der Waals surface area contributed by atoms with Crippen LogP contribution in [0.5, 0.6) is 0 Å². The molecule has 3 atom stereocenters. The smallest absolute Gasteiger partial charge is 0.311 e. The fraction of sp³-hybridized carbons (Fsp3) is 0.625. The molecule has 2 aromatic rings. The summed E-state index contributed by atoms with van der Waals surface area (Å²) in [4.78, 5) is 24.4. The van der Waals surface area contributed by atoms with Gasteiger partial charge >= 0.3 is 5.97 Å². The summed E-state index contributed by atoms with van der Waals surface area (Å²) in [5.41, 5.74) is 6.52. The summed E-state index contributed by atoms with van der Waals surface area (Å²) >= 11 is 0. The highest BCUT2D eigenvalue weighted by Crippen LogP contribution is 2.36. The molecule has 3 rings (SSSR count). The summed E-state index contributed by atoms with van der Waals surface area (Å²) in [5, 5.41) is 0. The Labute approximate surface area is 140 Å². The first-order valence-electron chi connectivity index (χ1n) is 8.03. The van der Waals surface area contributed by atoms with Crippen molar-refractivity contribution in [1.29, 1.82) is 0 Å². The third-order valence-corrected chi connectivity index (χ3v) is 4.13. The zero-order chi connectivity index (χ0) is 17.5. The van der Waals surface area contributed by atoms with Gasteiger partial charge in [-0.3, -0.25) is 9.36 Å². The highest BCUT2D eigenvalue weighted by atomic mass is 16.6. The average molecular weight is 333 g/mol. The summed E-state index contributed by atoms with van der Waals surface area (Å²) in [6.45, 7) is 7.83. The zero-order valence-corrected chi connectivity index (χ0v) is 14.4. The van der Waals surface area contributed by atoms with Gasteiger partial charge in [0.1, 0.15) is 24.7 Å². The van der Waals surface area contributed by atoms with Crippen LogP contribution < -0.4 is 5.73 Å². The van der Waals surface area contributed by atoms with E-state index in [1.807, 2.05) is 25.3 Å². The Morgan fingerprint density at radius 2 is 2.17 bits per heavy atom. The largest absolute Gasteiger partial charge is 0.463 e. The molecule has 0 amide bonds. The van der Waals surface area contributed by atoms with Crippen LogP contribution in [0, 0.1) is 11.3 Å². The van der Waals surface area contributed by atoms with Gasteiger partial charge in [0.15, 0.2) is 11.5 Å². The molecule has 2 N–H and O–H groups in total. The monoisotopic (exact) mass is 333 g/mol. The number of carbonyl (C=O) groups excluding carboxylic acids is 1. The Bertz CT molecular complexity index is 752. The minimum atomic E-state index is -0.515. The van der Waals surface area contributed by atoms with E-state index in [0.717, 1.165) is 6.42 Å². The van der Waals surface area contributed by atoms with Gasteiger partial charge in [-0.05, 0) is 27.2 Å². The van der Waals surface area contributed by atoms with Gasteiger partial charge in [-0.25, -0.2) is 15.0 Å². The first-order chi connectivity index (χ1) is 11.3. The van der Waals surface area contributed by atoms with Gasteiger partial charge in [-0.2, -0.15) is 0 Å². The van der Waals surface area contributed by atoms with Crippen molar-refractivity contribution in [1.82, 2.24) is 19.5 Å². The maximum absolute atomic E-state index is 11.9. The second kappa shape index (κ2) is 6.01. The number of hydrogen-bond donors (Lipinski definition) is 1. The highest BCUT2D eigenvalue weighted by Gasteiger charge is 2.36. The summed E-state index contributed by atoms with van der Waals surface area (Å²) in [7, 11) is 0. The minimum absolute atomic E-state index is 0.145. The molecule has 24 heavy (non-hydrogen) atoms. The quantitative estimate of drug-likeness (QED) is 0.855. The van der Waals surface area contributed by atoms with E-state index >= 15 is 0 Å². The van der Waals surface area contributed by atoms with Crippen molar-refractivity contribution in [3.05, 3.63) is 12.7 Å². The normalized spacial score (nSPS) is 24.4. The molecule has 1 saturated heterocycles. The Morgan fingerprint density at radius 3 is 2.88 bits per heavy atom. The topological polar surface area (TPSA) is 105 Å². The number of carbonyl (C=O) groups is 1. The van der Waals surface area contributed by atoms with Gasteiger partial charge < -0.3 is 15.2 Å². The molecule has 0 radical (unpaired) electrons. The lowest BCUT2D eigenvalue weighted by Gasteiger charge is -2.19. The molecule has 0 bridgehead atoms. The molecular formula is C16H23N5O3. The van der Waals surface area contributed by atoms with Gasteiger partial charge in [0, 0.05) is 5.92 Å². The number of aromatic nitrogens is 4. The van der Waals surface area contributed by atoms with E-state index in [1.165, 1.54) is 6.33 Å². The van der Waals surface area contributed by atoms with Crippen molar-refractivity contribution in [2.24, 2.45) is 11.3 Å². The second-order valence-electron chi connectivity index (χ2n) is 7.29. The number of hydrogen-bond acceptors (Lipinski definition) is 7. The van der Waals surface area contributed by atoms with Crippen molar-refractivity contribution < 1.29 is 14.3 Å². The van der Waals surface area contributed by atoms with Gasteiger partial charge in [0.2, 0.25) is 0 Å². The Balaban J connectivity index is 1.72. The van der Waals surface area contributed by atoms with Crippen molar-refractivity contribution in [2.45, 2.75) is 46.4 Å². The Hall–Kier alpha value is -2.22. The average Bonchev–Trinajstić information content (AvgIpc) is 3.08. The van der Waals surface area contributed by atoms with Crippen molar-refractivity contribution >= 4 is 23.0 Å². The van der Waals surface area contributed by atoms with Gasteiger partial charge in [0.25, 0.3) is 0 Å². The Kier molecular flexibility index (Phi) is 4.16. The Morgan fingerprint density at radius 1 is 1.42 bits per heavy atom. The van der Waals surface area contributed by atoms with Crippen LogP contribution in [0.3, 0.4) is 0 Å². The highest BCUT2D eigenvalue weighted by molar-refractivity contribution is 5.81. The fourth-order valence-electron chi connectivity index (χ4n) is 2.81. The van der Waals surface area contributed by atoms with Crippen LogP contribution in [-0.2, 0) is 14.3 Å². The van der Waals surface area contributed by atoms with E-state index in [4.69, 9.17) is 15.2 Å². The number of nitrogen functional groups attached to an aromatic ring is 1. The zero-order valence-electron chi connectivity index (χ0n) is 14.4. The third-order valence-electron chi connectivity index (χ3n) is 4.13. The number of esters is 1. The lowest BCUT2D eigenvalue weighted by Crippen LogP contribution is -2.27. The van der Waals surface area contributed by atoms with E-state index in [0.29, 0.717) is 17.0 Å². The standard InChI is InChI=1S/C16H23N5O3/c1-9-5-10(6-23-15(22)16(2,3)4)24-14(9)21-8-20-11-12(17)18-7-19-13(11)21/h7-10,14H,5-6H2,1-4H3,(H2,17,18,19)/t9?,10-,14?/m0/s1. The maximum atomic E-state index is 11.9. The lowest BCUT2D eigenvalue weighted by atomic mass is 9.97. The van der Waals surface area contributed by atoms with Crippen LogP contribution in [0.1, 0.15) is 40.3 Å². The van der Waals surface area contributed by atoms with E-state index in [9.17, 15) is 4.79 Å². The van der Waals surface area contributed by atoms with Crippen LogP contribution >= 0.6 is 0 Å². The summed E-state index contributed by atoms with van der Waals surface area (Å²) < 4.78 is 13.3. The van der Waals surface area contributed by atoms with Crippen molar-refractivity contribution in [3.8, 4) is 0 Å². The summed E-state index contributed by atoms with van der Waals surface area (Å²) in [5.74, 6) is 0.354. The molecule has 0 aromatic carbocycles. The minimum Gasteiger partial charge on any atom is -0.463 e. The number of rotatable bonds is 3. The SMILES string of the molecule is CC1C[C@@H](COC(=O)C(C)(C)C)OC1n1cnc2c(N)ncnc21. The van der Waals surface area contributed by atoms with Crippen LogP contribution in [0.4, 0.5) is 5.82 Å².